The molecule has 10 heteroatoms. The number of rotatable bonds is 7. The van der Waals surface area contributed by atoms with Crippen LogP contribution in [-0.2, 0) is 21.0 Å². The highest BCUT2D eigenvalue weighted by molar-refractivity contribution is 7.89. The van der Waals surface area contributed by atoms with Crippen LogP contribution >= 0.6 is 0 Å². The van der Waals surface area contributed by atoms with Crippen molar-refractivity contribution in [2.45, 2.75) is 37.4 Å². The fraction of sp³-hybridized carbons (Fsp3) is 0.500. The van der Waals surface area contributed by atoms with Gasteiger partial charge >= 0.3 is 12.1 Å². The van der Waals surface area contributed by atoms with Gasteiger partial charge in [0, 0.05) is 6.07 Å². The van der Waals surface area contributed by atoms with Crippen LogP contribution in [0.15, 0.2) is 23.1 Å². The average molecular weight is 369 g/mol. The van der Waals surface area contributed by atoms with Gasteiger partial charge < -0.3 is 9.84 Å². The van der Waals surface area contributed by atoms with Crippen LogP contribution in [0.5, 0.6) is 5.75 Å². The first-order valence-corrected chi connectivity index (χ1v) is 8.36. The second kappa shape index (κ2) is 7.39. The summed E-state index contributed by atoms with van der Waals surface area (Å²) in [5.74, 6) is -1.85. The lowest BCUT2D eigenvalue weighted by Gasteiger charge is -2.18. The highest BCUT2D eigenvalue weighted by Crippen LogP contribution is 2.33. The molecule has 0 heterocycles. The molecule has 0 aliphatic carbocycles. The lowest BCUT2D eigenvalue weighted by molar-refractivity contribution is -0.139. The van der Waals surface area contributed by atoms with Crippen LogP contribution in [0.3, 0.4) is 0 Å². The molecule has 0 spiro atoms. The Morgan fingerprint density at radius 2 is 1.88 bits per heavy atom. The Morgan fingerprint density at radius 1 is 1.29 bits per heavy atom. The minimum absolute atomic E-state index is 0.00927. The first kappa shape index (κ1) is 20.2. The summed E-state index contributed by atoms with van der Waals surface area (Å²) in [6.07, 6.45) is -4.78. The number of nitrogens with one attached hydrogen (secondary N) is 1. The zero-order valence-corrected chi connectivity index (χ0v) is 14.0. The lowest BCUT2D eigenvalue weighted by Crippen LogP contribution is -2.41. The quantitative estimate of drug-likeness (QED) is 0.770. The maximum absolute atomic E-state index is 12.9. The monoisotopic (exact) mass is 369 g/mol. The van der Waals surface area contributed by atoms with E-state index < -0.39 is 38.7 Å². The molecule has 24 heavy (non-hydrogen) atoms. The SMILES string of the molecule is COc1cc(C(F)(F)F)cc(S(=O)(=O)N[C@H](CC(C)C)C(=O)O)c1. The second-order valence-electron chi connectivity index (χ2n) is 5.54. The Labute approximate surface area is 137 Å². The first-order chi connectivity index (χ1) is 10.9. The number of benzene rings is 1. The fourth-order valence-corrected chi connectivity index (χ4v) is 3.20. The van der Waals surface area contributed by atoms with E-state index >= 15 is 0 Å². The van der Waals surface area contributed by atoms with Crippen LogP contribution in [0.25, 0.3) is 0 Å². The molecule has 1 rings (SSSR count). The zero-order valence-electron chi connectivity index (χ0n) is 13.2. The van der Waals surface area contributed by atoms with Crippen molar-refractivity contribution >= 4 is 16.0 Å². The molecule has 0 saturated heterocycles. The van der Waals surface area contributed by atoms with Crippen molar-refractivity contribution in [3.8, 4) is 5.75 Å². The van der Waals surface area contributed by atoms with Crippen LogP contribution in [0.4, 0.5) is 13.2 Å². The number of carbonyl (C=O) groups is 1. The molecule has 6 nitrogen and oxygen atoms in total. The number of aliphatic carboxylic acids is 1. The molecule has 1 aromatic carbocycles. The summed E-state index contributed by atoms with van der Waals surface area (Å²) in [5.41, 5.74) is -1.21. The van der Waals surface area contributed by atoms with Crippen molar-refractivity contribution in [2.75, 3.05) is 7.11 Å². The molecular weight excluding hydrogens is 351 g/mol. The third-order valence-corrected chi connectivity index (χ3v) is 4.51. The highest BCUT2D eigenvalue weighted by atomic mass is 32.2. The Hall–Kier alpha value is -1.81. The van der Waals surface area contributed by atoms with E-state index in [4.69, 9.17) is 9.84 Å². The summed E-state index contributed by atoms with van der Waals surface area (Å²) in [6, 6.07) is 0.530. The summed E-state index contributed by atoms with van der Waals surface area (Å²) in [4.78, 5) is 10.4. The van der Waals surface area contributed by atoms with Crippen LogP contribution in [0.2, 0.25) is 0 Å². The van der Waals surface area contributed by atoms with Gasteiger partial charge in [0.05, 0.1) is 17.6 Å². The van der Waals surface area contributed by atoms with E-state index in [0.717, 1.165) is 13.2 Å². The van der Waals surface area contributed by atoms with Gasteiger partial charge in [-0.1, -0.05) is 13.8 Å². The number of ether oxygens (including phenoxy) is 1. The number of hydrogen-bond donors (Lipinski definition) is 2. The molecule has 0 fully saturated rings. The molecule has 0 aliphatic rings. The molecule has 0 radical (unpaired) electrons. The minimum atomic E-state index is -4.77. The third-order valence-electron chi connectivity index (χ3n) is 3.06. The normalized spacial score (nSPS) is 13.8. The molecular formula is C14H18F3NO5S. The fourth-order valence-electron chi connectivity index (χ4n) is 1.93. The van der Waals surface area contributed by atoms with E-state index in [2.05, 4.69) is 0 Å². The molecule has 1 atom stereocenters. The van der Waals surface area contributed by atoms with Crippen molar-refractivity contribution in [3.63, 3.8) is 0 Å². The van der Waals surface area contributed by atoms with E-state index in [1.807, 2.05) is 4.72 Å². The summed E-state index contributed by atoms with van der Waals surface area (Å²) >= 11 is 0. The van der Waals surface area contributed by atoms with Crippen molar-refractivity contribution < 1.29 is 36.2 Å². The van der Waals surface area contributed by atoms with Crippen LogP contribution < -0.4 is 9.46 Å². The van der Waals surface area contributed by atoms with Gasteiger partial charge in [-0.2, -0.15) is 17.9 Å². The lowest BCUT2D eigenvalue weighted by atomic mass is 10.1. The first-order valence-electron chi connectivity index (χ1n) is 6.88. The Bertz CT molecular complexity index is 701. The molecule has 1 aromatic rings. The van der Waals surface area contributed by atoms with Crippen LogP contribution in [-0.4, -0.2) is 32.6 Å². The van der Waals surface area contributed by atoms with Crippen molar-refractivity contribution in [1.29, 1.82) is 0 Å². The van der Waals surface area contributed by atoms with E-state index in [0.29, 0.717) is 12.1 Å². The summed E-state index contributed by atoms with van der Waals surface area (Å²) in [7, 11) is -3.38. The van der Waals surface area contributed by atoms with E-state index in [1.165, 1.54) is 0 Å². The molecule has 136 valence electrons. The van der Waals surface area contributed by atoms with Crippen molar-refractivity contribution in [1.82, 2.24) is 4.72 Å². The van der Waals surface area contributed by atoms with Crippen molar-refractivity contribution in [3.05, 3.63) is 23.8 Å². The van der Waals surface area contributed by atoms with E-state index in [1.54, 1.807) is 13.8 Å². The largest absolute Gasteiger partial charge is 0.497 e. The molecule has 0 amide bonds. The minimum Gasteiger partial charge on any atom is -0.497 e. The van der Waals surface area contributed by atoms with E-state index in [-0.39, 0.29) is 18.1 Å². The number of alkyl halides is 3. The third kappa shape index (κ3) is 5.38. The van der Waals surface area contributed by atoms with Gasteiger partial charge in [0.1, 0.15) is 11.8 Å². The maximum atomic E-state index is 12.9. The van der Waals surface area contributed by atoms with Gasteiger partial charge in [0.2, 0.25) is 10.0 Å². The highest BCUT2D eigenvalue weighted by Gasteiger charge is 2.34. The number of sulfonamides is 1. The predicted octanol–water partition coefficient (Wildman–Crippen LogP) is 2.49. The van der Waals surface area contributed by atoms with Gasteiger partial charge in [0.15, 0.2) is 0 Å². The number of methoxy groups -OCH3 is 1. The summed E-state index contributed by atoms with van der Waals surface area (Å²) < 4.78 is 69.8. The average Bonchev–Trinajstić information content (AvgIpc) is 2.44. The maximum Gasteiger partial charge on any atom is 0.416 e. The Morgan fingerprint density at radius 3 is 2.29 bits per heavy atom. The van der Waals surface area contributed by atoms with Gasteiger partial charge in [-0.15, -0.1) is 0 Å². The summed E-state index contributed by atoms with van der Waals surface area (Å²) in [5, 5.41) is 9.09. The smallest absolute Gasteiger partial charge is 0.416 e. The van der Waals surface area contributed by atoms with E-state index in [9.17, 15) is 26.4 Å². The molecule has 0 aromatic heterocycles. The van der Waals surface area contributed by atoms with Gasteiger partial charge in [-0.25, -0.2) is 8.42 Å². The predicted molar refractivity (Wildman–Crippen MR) is 79.2 cm³/mol. The zero-order chi connectivity index (χ0) is 18.7. The van der Waals surface area contributed by atoms with Crippen LogP contribution in [0.1, 0.15) is 25.8 Å². The number of halogens is 3. The van der Waals surface area contributed by atoms with Crippen molar-refractivity contribution in [2.24, 2.45) is 5.92 Å². The molecule has 0 saturated carbocycles. The topological polar surface area (TPSA) is 92.7 Å². The molecule has 0 bridgehead atoms. The van der Waals surface area contributed by atoms with Gasteiger partial charge in [-0.05, 0) is 24.5 Å². The second-order valence-corrected chi connectivity index (χ2v) is 7.25. The molecule has 0 unspecified atom stereocenters. The number of carboxylic acids is 1. The number of hydrogen-bond acceptors (Lipinski definition) is 4. The standard InChI is InChI=1S/C14H18F3NO5S/c1-8(2)4-12(13(19)20)18-24(21,22)11-6-9(14(15,16)17)5-10(7-11)23-3/h5-8,12,18H,4H2,1-3H3,(H,19,20)/t12-/m1/s1. The number of carboxylic acid groups (broad SMARTS) is 1. The Kier molecular flexibility index (Phi) is 6.23. The molecule has 0 aliphatic heterocycles. The van der Waals surface area contributed by atoms with Gasteiger partial charge in [0.25, 0.3) is 0 Å². The van der Waals surface area contributed by atoms with Crippen LogP contribution in [0, 0.1) is 5.92 Å². The van der Waals surface area contributed by atoms with Gasteiger partial charge in [-0.3, -0.25) is 4.79 Å². The summed E-state index contributed by atoms with van der Waals surface area (Å²) in [6.45, 7) is 3.38. The molecule has 2 N–H and O–H groups in total. The Balaban J connectivity index is 3.29.